The summed E-state index contributed by atoms with van der Waals surface area (Å²) in [6.07, 6.45) is 4.70. The Kier molecular flexibility index (Phi) is 5.83. The lowest BCUT2D eigenvalue weighted by Crippen LogP contribution is -2.49. The van der Waals surface area contributed by atoms with Crippen LogP contribution in [0.1, 0.15) is 36.4 Å². The number of aromatic nitrogens is 1. The van der Waals surface area contributed by atoms with Gasteiger partial charge in [-0.2, -0.15) is 0 Å². The lowest BCUT2D eigenvalue weighted by molar-refractivity contribution is -0.133. The Hall–Kier alpha value is -2.39. The Bertz CT molecular complexity index is 1100. The van der Waals surface area contributed by atoms with Gasteiger partial charge in [-0.05, 0) is 61.4 Å². The quantitative estimate of drug-likeness (QED) is 0.761. The second-order valence-corrected chi connectivity index (χ2v) is 10.3. The molecule has 166 valence electrons. The monoisotopic (exact) mass is 449 g/mol. The number of benzene rings is 1. The maximum Gasteiger partial charge on any atom is 0.226 e. The van der Waals surface area contributed by atoms with E-state index in [2.05, 4.69) is 9.71 Å². The Morgan fingerprint density at radius 2 is 1.97 bits per heavy atom. The van der Waals surface area contributed by atoms with Gasteiger partial charge in [0.25, 0.3) is 0 Å². The molecule has 31 heavy (non-hydrogen) atoms. The Morgan fingerprint density at radius 3 is 2.65 bits per heavy atom. The molecule has 6 nitrogen and oxygen atoms in total. The SMILES string of the molecule is Cc1cc(-c2c(F)cccc2F)c(C2CC2C(=O)N2CCCC(NS(C)(=O)=O)C2)cn1. The predicted molar refractivity (Wildman–Crippen MR) is 113 cm³/mol. The molecule has 2 heterocycles. The standard InChI is InChI=1S/C22H25F2N3O3S/c1-13-9-16(21-19(23)6-3-7-20(21)24)18(11-25-13)15-10-17(15)22(28)27-8-4-5-14(12-27)26-31(2,29)30/h3,6-7,9,11,14-15,17,26H,4-5,8,10,12H2,1-2H3. The zero-order valence-corrected chi connectivity index (χ0v) is 18.3. The van der Waals surface area contributed by atoms with Crippen LogP contribution in [0.15, 0.2) is 30.5 Å². The van der Waals surface area contributed by atoms with Gasteiger partial charge < -0.3 is 4.90 Å². The van der Waals surface area contributed by atoms with Crippen molar-refractivity contribution in [3.05, 3.63) is 53.4 Å². The molecule has 1 aromatic carbocycles. The van der Waals surface area contributed by atoms with Gasteiger partial charge >= 0.3 is 0 Å². The molecule has 0 radical (unpaired) electrons. The molecule has 1 aliphatic heterocycles. The van der Waals surface area contributed by atoms with Gasteiger partial charge in [0.05, 0.1) is 11.8 Å². The van der Waals surface area contributed by atoms with Crippen LogP contribution in [-0.4, -0.2) is 49.6 Å². The van der Waals surface area contributed by atoms with Crippen LogP contribution in [0.5, 0.6) is 0 Å². The molecule has 2 fully saturated rings. The summed E-state index contributed by atoms with van der Waals surface area (Å²) in [5, 5.41) is 0. The number of aryl methyl sites for hydroxylation is 1. The summed E-state index contributed by atoms with van der Waals surface area (Å²) in [5.74, 6) is -1.82. The van der Waals surface area contributed by atoms with Crippen molar-refractivity contribution in [2.45, 2.75) is 38.1 Å². The Labute approximate surface area is 180 Å². The molecule has 2 aliphatic rings. The summed E-state index contributed by atoms with van der Waals surface area (Å²) >= 11 is 0. The minimum Gasteiger partial charge on any atom is -0.341 e. The van der Waals surface area contributed by atoms with Crippen molar-refractivity contribution in [2.24, 2.45) is 5.92 Å². The highest BCUT2D eigenvalue weighted by Gasteiger charge is 2.47. The molecule has 0 spiro atoms. The molecule has 1 aromatic heterocycles. The number of halogens is 2. The van der Waals surface area contributed by atoms with Crippen LogP contribution >= 0.6 is 0 Å². The summed E-state index contributed by atoms with van der Waals surface area (Å²) < 4.78 is 54.6. The molecule has 4 rings (SSSR count). The fourth-order valence-corrected chi connectivity index (χ4v) is 5.26. The van der Waals surface area contributed by atoms with E-state index in [1.54, 1.807) is 24.1 Å². The van der Waals surface area contributed by atoms with Gasteiger partial charge in [-0.25, -0.2) is 21.9 Å². The van der Waals surface area contributed by atoms with Crippen LogP contribution in [0.25, 0.3) is 11.1 Å². The van der Waals surface area contributed by atoms with Crippen LogP contribution < -0.4 is 4.72 Å². The van der Waals surface area contributed by atoms with E-state index >= 15 is 0 Å². The number of nitrogens with one attached hydrogen (secondary N) is 1. The van der Waals surface area contributed by atoms with Crippen molar-refractivity contribution in [1.82, 2.24) is 14.6 Å². The summed E-state index contributed by atoms with van der Waals surface area (Å²) in [6.45, 7) is 2.66. The molecular formula is C22H25F2N3O3S. The molecule has 3 unspecified atom stereocenters. The topological polar surface area (TPSA) is 79.4 Å². The van der Waals surface area contributed by atoms with Crippen LogP contribution in [0.4, 0.5) is 8.78 Å². The van der Waals surface area contributed by atoms with Crippen molar-refractivity contribution in [3.63, 3.8) is 0 Å². The fourth-order valence-electron chi connectivity index (χ4n) is 4.46. The Morgan fingerprint density at radius 1 is 1.26 bits per heavy atom. The number of sulfonamides is 1. The number of likely N-dealkylation sites (tertiary alicyclic amines) is 1. The van der Waals surface area contributed by atoms with Crippen molar-refractivity contribution < 1.29 is 22.0 Å². The first-order chi connectivity index (χ1) is 14.6. The average Bonchev–Trinajstić information content (AvgIpc) is 3.47. The third kappa shape index (κ3) is 4.77. The van der Waals surface area contributed by atoms with Gasteiger partial charge in [0.2, 0.25) is 15.9 Å². The minimum atomic E-state index is -3.35. The molecule has 2 aromatic rings. The largest absolute Gasteiger partial charge is 0.341 e. The van der Waals surface area contributed by atoms with Crippen molar-refractivity contribution in [1.29, 1.82) is 0 Å². The smallest absolute Gasteiger partial charge is 0.226 e. The van der Waals surface area contributed by atoms with E-state index in [0.29, 0.717) is 49.2 Å². The highest BCUT2D eigenvalue weighted by atomic mass is 32.2. The van der Waals surface area contributed by atoms with Gasteiger partial charge in [0, 0.05) is 36.9 Å². The molecule has 9 heteroatoms. The van der Waals surface area contributed by atoms with E-state index < -0.39 is 21.7 Å². The third-order valence-electron chi connectivity index (χ3n) is 5.92. The number of rotatable bonds is 5. The minimum absolute atomic E-state index is 0.0504. The number of hydrogen-bond donors (Lipinski definition) is 1. The van der Waals surface area contributed by atoms with Crippen molar-refractivity contribution >= 4 is 15.9 Å². The lowest BCUT2D eigenvalue weighted by atomic mass is 9.96. The summed E-state index contributed by atoms with van der Waals surface area (Å²) in [4.78, 5) is 19.1. The van der Waals surface area contributed by atoms with Crippen molar-refractivity contribution in [2.75, 3.05) is 19.3 Å². The second kappa shape index (κ2) is 8.27. The Balaban J connectivity index is 1.55. The van der Waals surface area contributed by atoms with Crippen LogP contribution in [-0.2, 0) is 14.8 Å². The molecule has 3 atom stereocenters. The molecule has 1 amide bonds. The first-order valence-corrected chi connectivity index (χ1v) is 12.2. The maximum absolute atomic E-state index is 14.5. The van der Waals surface area contributed by atoms with Gasteiger partial charge in [-0.3, -0.25) is 9.78 Å². The average molecular weight is 450 g/mol. The van der Waals surface area contributed by atoms with E-state index in [-0.39, 0.29) is 29.3 Å². The first-order valence-electron chi connectivity index (χ1n) is 10.3. The van der Waals surface area contributed by atoms with E-state index in [9.17, 15) is 22.0 Å². The molecular weight excluding hydrogens is 424 g/mol. The van der Waals surface area contributed by atoms with Crippen LogP contribution in [0.3, 0.4) is 0 Å². The number of carbonyl (C=O) groups excluding carboxylic acids is 1. The molecule has 1 aliphatic carbocycles. The highest BCUT2D eigenvalue weighted by Crippen LogP contribution is 2.51. The second-order valence-electron chi connectivity index (χ2n) is 8.47. The number of pyridine rings is 1. The van der Waals surface area contributed by atoms with E-state index in [1.807, 2.05) is 0 Å². The number of piperidine rings is 1. The van der Waals surface area contributed by atoms with Gasteiger partial charge in [-0.15, -0.1) is 0 Å². The van der Waals surface area contributed by atoms with Crippen LogP contribution in [0, 0.1) is 24.5 Å². The van der Waals surface area contributed by atoms with Gasteiger partial charge in [0.1, 0.15) is 11.6 Å². The van der Waals surface area contributed by atoms with E-state index in [4.69, 9.17) is 0 Å². The van der Waals surface area contributed by atoms with Crippen LogP contribution in [0.2, 0.25) is 0 Å². The summed E-state index contributed by atoms with van der Waals surface area (Å²) in [5.41, 5.74) is 1.63. The van der Waals surface area contributed by atoms with Gasteiger partial charge in [0.15, 0.2) is 0 Å². The molecule has 1 N–H and O–H groups in total. The van der Waals surface area contributed by atoms with E-state index in [0.717, 1.165) is 6.26 Å². The number of nitrogens with zero attached hydrogens (tertiary/aromatic N) is 2. The zero-order chi connectivity index (χ0) is 22.3. The molecule has 1 saturated carbocycles. The van der Waals surface area contributed by atoms with Gasteiger partial charge in [-0.1, -0.05) is 6.07 Å². The van der Waals surface area contributed by atoms with Crippen molar-refractivity contribution in [3.8, 4) is 11.1 Å². The van der Waals surface area contributed by atoms with E-state index in [1.165, 1.54) is 18.2 Å². The molecule has 1 saturated heterocycles. The molecule has 0 bridgehead atoms. The summed E-state index contributed by atoms with van der Waals surface area (Å²) in [7, 11) is -3.35. The summed E-state index contributed by atoms with van der Waals surface area (Å²) in [6, 6.07) is 5.12. The zero-order valence-electron chi connectivity index (χ0n) is 17.4. The lowest BCUT2D eigenvalue weighted by Gasteiger charge is -2.33. The third-order valence-corrected chi connectivity index (χ3v) is 6.69. The first kappa shape index (κ1) is 21.8. The number of amides is 1. The number of carbonyl (C=O) groups is 1. The highest BCUT2D eigenvalue weighted by molar-refractivity contribution is 7.88. The fraction of sp³-hybridized carbons (Fsp3) is 0.455. The normalized spacial score (nSPS) is 23.6. The predicted octanol–water partition coefficient (Wildman–Crippen LogP) is 2.98. The maximum atomic E-state index is 14.5. The number of hydrogen-bond acceptors (Lipinski definition) is 4.